The zero-order chi connectivity index (χ0) is 17.2. The van der Waals surface area contributed by atoms with Crippen LogP contribution in [0, 0.1) is 11.7 Å². The minimum Gasteiger partial charge on any atom is -0.340 e. The molecule has 0 radical (unpaired) electrons. The maximum Gasteiger partial charge on any atom is 0.246 e. The summed E-state index contributed by atoms with van der Waals surface area (Å²) in [5.74, 6) is -0.642. The molecule has 1 saturated heterocycles. The van der Waals surface area contributed by atoms with Crippen LogP contribution in [0.15, 0.2) is 41.3 Å². The van der Waals surface area contributed by atoms with E-state index < -0.39 is 15.8 Å². The molecule has 1 aromatic rings. The summed E-state index contributed by atoms with van der Waals surface area (Å²) in [6.45, 7) is 1.11. The zero-order valence-corrected chi connectivity index (χ0v) is 14.2. The topological polar surface area (TPSA) is 57.7 Å². The Morgan fingerprint density at radius 3 is 2.42 bits per heavy atom. The van der Waals surface area contributed by atoms with E-state index in [1.165, 1.54) is 22.5 Å². The average molecular weight is 352 g/mol. The van der Waals surface area contributed by atoms with Crippen molar-refractivity contribution in [2.75, 3.05) is 26.2 Å². The van der Waals surface area contributed by atoms with Gasteiger partial charge in [-0.3, -0.25) is 4.79 Å². The molecule has 0 N–H and O–H groups in total. The van der Waals surface area contributed by atoms with Crippen LogP contribution in [-0.4, -0.2) is 49.7 Å². The van der Waals surface area contributed by atoms with Gasteiger partial charge in [-0.25, -0.2) is 12.8 Å². The summed E-state index contributed by atoms with van der Waals surface area (Å²) in [5.41, 5.74) is 0. The van der Waals surface area contributed by atoms with Gasteiger partial charge >= 0.3 is 0 Å². The van der Waals surface area contributed by atoms with E-state index in [-0.39, 0.29) is 29.8 Å². The lowest BCUT2D eigenvalue weighted by atomic mass is 9.93. The summed E-state index contributed by atoms with van der Waals surface area (Å²) in [4.78, 5) is 13.9. The lowest BCUT2D eigenvalue weighted by molar-refractivity contribution is -0.137. The Labute approximate surface area is 141 Å². The van der Waals surface area contributed by atoms with Gasteiger partial charge in [-0.2, -0.15) is 4.31 Å². The van der Waals surface area contributed by atoms with Crippen LogP contribution in [-0.2, 0) is 14.8 Å². The predicted octanol–water partition coefficient (Wildman–Crippen LogP) is 2.01. The van der Waals surface area contributed by atoms with E-state index in [4.69, 9.17) is 0 Å². The molecule has 3 rings (SSSR count). The normalized spacial score (nSPS) is 22.5. The first-order valence-electron chi connectivity index (χ1n) is 8.18. The van der Waals surface area contributed by atoms with Gasteiger partial charge in [-0.15, -0.1) is 0 Å². The highest BCUT2D eigenvalue weighted by Gasteiger charge is 2.33. The molecule has 1 fully saturated rings. The minimum absolute atomic E-state index is 0.00437. The van der Waals surface area contributed by atoms with Crippen molar-refractivity contribution in [3.8, 4) is 0 Å². The highest BCUT2D eigenvalue weighted by Crippen LogP contribution is 2.23. The summed E-state index contributed by atoms with van der Waals surface area (Å²) in [6, 6.07) is 5.38. The third kappa shape index (κ3) is 3.37. The van der Waals surface area contributed by atoms with Gasteiger partial charge in [0.25, 0.3) is 0 Å². The molecule has 0 aromatic heterocycles. The smallest absolute Gasteiger partial charge is 0.246 e. The van der Waals surface area contributed by atoms with E-state index in [0.717, 1.165) is 25.3 Å². The number of piperazine rings is 1. The quantitative estimate of drug-likeness (QED) is 0.782. The summed E-state index contributed by atoms with van der Waals surface area (Å²) in [7, 11) is -3.86. The fraction of sp³-hybridized carbons (Fsp3) is 0.471. The number of halogens is 1. The van der Waals surface area contributed by atoms with E-state index in [0.29, 0.717) is 13.1 Å². The molecule has 0 spiro atoms. The third-order valence-corrected chi connectivity index (χ3v) is 6.55. The van der Waals surface area contributed by atoms with E-state index >= 15 is 0 Å². The van der Waals surface area contributed by atoms with Gasteiger partial charge in [-0.05, 0) is 31.4 Å². The zero-order valence-electron chi connectivity index (χ0n) is 13.4. The number of carbonyl (C=O) groups excluding carboxylic acids is 1. The second-order valence-electron chi connectivity index (χ2n) is 6.14. The molecule has 7 heteroatoms. The molecule has 1 aliphatic carbocycles. The number of allylic oxidation sites excluding steroid dienone is 2. The van der Waals surface area contributed by atoms with Crippen molar-refractivity contribution in [2.45, 2.75) is 24.2 Å². The van der Waals surface area contributed by atoms with Gasteiger partial charge in [0.05, 0.1) is 0 Å². The molecule has 5 nitrogen and oxygen atoms in total. The van der Waals surface area contributed by atoms with Crippen molar-refractivity contribution in [2.24, 2.45) is 5.92 Å². The van der Waals surface area contributed by atoms with Crippen LogP contribution >= 0.6 is 0 Å². The number of sulfonamides is 1. The maximum atomic E-state index is 13.8. The van der Waals surface area contributed by atoms with Gasteiger partial charge in [0.1, 0.15) is 10.7 Å². The van der Waals surface area contributed by atoms with Gasteiger partial charge in [0.2, 0.25) is 15.9 Å². The van der Waals surface area contributed by atoms with Gasteiger partial charge in [0.15, 0.2) is 0 Å². The molecular formula is C17H21FN2O3S. The van der Waals surface area contributed by atoms with E-state index in [9.17, 15) is 17.6 Å². The van der Waals surface area contributed by atoms with Crippen LogP contribution in [0.3, 0.4) is 0 Å². The van der Waals surface area contributed by atoms with Crippen molar-refractivity contribution in [3.05, 3.63) is 42.2 Å². The second kappa shape index (κ2) is 7.03. The summed E-state index contributed by atoms with van der Waals surface area (Å²) < 4.78 is 40.2. The largest absolute Gasteiger partial charge is 0.340 e. The highest BCUT2D eigenvalue weighted by atomic mass is 32.2. The fourth-order valence-electron chi connectivity index (χ4n) is 3.22. The maximum absolute atomic E-state index is 13.8. The van der Waals surface area contributed by atoms with Crippen LogP contribution in [0.1, 0.15) is 19.3 Å². The Morgan fingerprint density at radius 1 is 1.08 bits per heavy atom. The summed E-state index contributed by atoms with van der Waals surface area (Å²) >= 11 is 0. The van der Waals surface area contributed by atoms with E-state index in [1.54, 1.807) is 4.90 Å². The molecule has 2 aliphatic rings. The molecule has 130 valence electrons. The first-order chi connectivity index (χ1) is 11.5. The van der Waals surface area contributed by atoms with Crippen molar-refractivity contribution in [1.82, 2.24) is 9.21 Å². The Bertz CT molecular complexity index is 740. The lowest BCUT2D eigenvalue weighted by Crippen LogP contribution is -2.52. The third-order valence-electron chi connectivity index (χ3n) is 4.62. The minimum atomic E-state index is -3.86. The van der Waals surface area contributed by atoms with Crippen LogP contribution in [0.25, 0.3) is 0 Å². The van der Waals surface area contributed by atoms with Gasteiger partial charge in [-0.1, -0.05) is 24.3 Å². The van der Waals surface area contributed by atoms with Gasteiger partial charge < -0.3 is 4.90 Å². The molecule has 0 saturated carbocycles. The first-order valence-corrected chi connectivity index (χ1v) is 9.62. The molecule has 1 heterocycles. The van der Waals surface area contributed by atoms with Gasteiger partial charge in [0, 0.05) is 32.1 Å². The molecule has 0 unspecified atom stereocenters. The average Bonchev–Trinajstić information content (AvgIpc) is 2.62. The Hall–Kier alpha value is -1.73. The van der Waals surface area contributed by atoms with Crippen LogP contribution in [0.5, 0.6) is 0 Å². The fourth-order valence-corrected chi connectivity index (χ4v) is 4.71. The van der Waals surface area contributed by atoms with E-state index in [1.807, 2.05) is 6.08 Å². The number of rotatable bonds is 3. The number of amides is 1. The van der Waals surface area contributed by atoms with Crippen molar-refractivity contribution in [1.29, 1.82) is 0 Å². The van der Waals surface area contributed by atoms with Crippen LogP contribution in [0.4, 0.5) is 4.39 Å². The Kier molecular flexibility index (Phi) is 5.01. The predicted molar refractivity (Wildman–Crippen MR) is 88.2 cm³/mol. The van der Waals surface area contributed by atoms with Crippen molar-refractivity contribution < 1.29 is 17.6 Å². The van der Waals surface area contributed by atoms with Crippen LogP contribution in [0.2, 0.25) is 0 Å². The number of carbonyl (C=O) groups is 1. The first kappa shape index (κ1) is 17.1. The molecule has 24 heavy (non-hydrogen) atoms. The SMILES string of the molecule is O=C([C@@H]1CC=CCC1)N1CCN(S(=O)(=O)c2ccccc2F)CC1. The number of nitrogens with zero attached hydrogens (tertiary/aromatic N) is 2. The molecule has 1 atom stereocenters. The molecule has 1 aliphatic heterocycles. The molecular weight excluding hydrogens is 331 g/mol. The molecule has 0 bridgehead atoms. The van der Waals surface area contributed by atoms with Crippen LogP contribution < -0.4 is 0 Å². The lowest BCUT2D eigenvalue weighted by Gasteiger charge is -2.36. The number of benzene rings is 1. The summed E-state index contributed by atoms with van der Waals surface area (Å²) in [5, 5.41) is 0. The molecule has 1 aromatic carbocycles. The standard InChI is InChI=1S/C17H21FN2O3S/c18-15-8-4-5-9-16(15)24(22,23)20-12-10-19(11-13-20)17(21)14-6-2-1-3-7-14/h1-2,4-5,8-9,14H,3,6-7,10-13H2/t14-/m1/s1. The summed E-state index contributed by atoms with van der Waals surface area (Å²) in [6.07, 6.45) is 6.64. The van der Waals surface area contributed by atoms with Crippen molar-refractivity contribution >= 4 is 15.9 Å². The second-order valence-corrected chi connectivity index (χ2v) is 8.05. The highest BCUT2D eigenvalue weighted by molar-refractivity contribution is 7.89. The number of hydrogen-bond acceptors (Lipinski definition) is 3. The molecule has 1 amide bonds. The van der Waals surface area contributed by atoms with E-state index in [2.05, 4.69) is 6.08 Å². The monoisotopic (exact) mass is 352 g/mol. The van der Waals surface area contributed by atoms with Crippen molar-refractivity contribution in [3.63, 3.8) is 0 Å². The number of hydrogen-bond donors (Lipinski definition) is 0. The Balaban J connectivity index is 1.65. The Morgan fingerprint density at radius 2 is 1.79 bits per heavy atom.